The summed E-state index contributed by atoms with van der Waals surface area (Å²) >= 11 is 0. The largest absolute Gasteiger partial charge is 0.494 e. The third-order valence-corrected chi connectivity index (χ3v) is 3.70. The van der Waals surface area contributed by atoms with Crippen LogP contribution in [0.1, 0.15) is 0 Å². The molecule has 0 unspecified atom stereocenters. The van der Waals surface area contributed by atoms with Gasteiger partial charge in [0, 0.05) is 13.1 Å². The number of nitro groups is 1. The number of carbonyl (C=O) groups excluding carboxylic acids is 1. The zero-order chi connectivity index (χ0) is 18.8. The van der Waals surface area contributed by atoms with Gasteiger partial charge in [0.1, 0.15) is 24.0 Å². The van der Waals surface area contributed by atoms with Gasteiger partial charge in [0.2, 0.25) is 5.91 Å². The van der Waals surface area contributed by atoms with Crippen LogP contribution in [-0.2, 0) is 18.4 Å². The molecule has 2 heterocycles. The van der Waals surface area contributed by atoms with E-state index in [9.17, 15) is 19.7 Å². The van der Waals surface area contributed by atoms with E-state index in [4.69, 9.17) is 4.74 Å². The highest BCUT2D eigenvalue weighted by Gasteiger charge is 2.15. The molecule has 3 aromatic rings. The lowest BCUT2D eigenvalue weighted by atomic mass is 10.2. The number of nitrogens with zero attached hydrogens (tertiary/aromatic N) is 5. The highest BCUT2D eigenvalue weighted by atomic mass is 16.6. The van der Waals surface area contributed by atoms with E-state index in [-0.39, 0.29) is 23.7 Å². The molecule has 0 aliphatic rings. The zero-order valence-electron chi connectivity index (χ0n) is 13.9. The predicted octanol–water partition coefficient (Wildman–Crippen LogP) is 0.685. The zero-order valence-corrected chi connectivity index (χ0v) is 13.9. The Balaban J connectivity index is 1.82. The fourth-order valence-corrected chi connectivity index (χ4v) is 2.42. The number of nitro benzene ring substituents is 1. The van der Waals surface area contributed by atoms with E-state index in [1.807, 2.05) is 0 Å². The number of hydrogen-bond donors (Lipinski definition) is 1. The summed E-state index contributed by atoms with van der Waals surface area (Å²) in [6.45, 7) is -0.281. The predicted molar refractivity (Wildman–Crippen MR) is 91.0 cm³/mol. The SMILES string of the molecule is COc1cc([N+](=O)[O-])ccc1NC(=O)Cn1cnc2c(cnn2C)c1=O. The number of anilines is 1. The number of aryl methyl sites for hydroxylation is 1. The number of rotatable bonds is 5. The van der Waals surface area contributed by atoms with Gasteiger partial charge in [-0.3, -0.25) is 29.0 Å². The standard InChI is InChI=1S/C15H14N6O5/c1-19-14-10(6-17-19)15(23)20(8-16-14)7-13(22)18-11-4-3-9(21(24)25)5-12(11)26-2/h3-6,8H,7H2,1-2H3,(H,18,22). The maximum Gasteiger partial charge on any atom is 0.273 e. The Morgan fingerprint density at radius 1 is 1.42 bits per heavy atom. The number of nitrogens with one attached hydrogen (secondary N) is 1. The van der Waals surface area contributed by atoms with Gasteiger partial charge >= 0.3 is 0 Å². The fourth-order valence-electron chi connectivity index (χ4n) is 2.42. The fraction of sp³-hybridized carbons (Fsp3) is 0.200. The molecule has 0 fully saturated rings. The van der Waals surface area contributed by atoms with Gasteiger partial charge in [0.15, 0.2) is 5.65 Å². The summed E-state index contributed by atoms with van der Waals surface area (Å²) in [4.78, 5) is 39.0. The minimum absolute atomic E-state index is 0.140. The van der Waals surface area contributed by atoms with Crippen molar-refractivity contribution in [1.29, 1.82) is 0 Å². The molecule has 0 atom stereocenters. The van der Waals surface area contributed by atoms with Crippen LogP contribution in [0.5, 0.6) is 5.75 Å². The molecule has 11 nitrogen and oxygen atoms in total. The molecule has 0 aliphatic carbocycles. The van der Waals surface area contributed by atoms with Gasteiger partial charge in [-0.1, -0.05) is 0 Å². The molecule has 1 amide bonds. The van der Waals surface area contributed by atoms with E-state index < -0.39 is 16.4 Å². The van der Waals surface area contributed by atoms with Crippen LogP contribution in [0.2, 0.25) is 0 Å². The number of hydrogen-bond acceptors (Lipinski definition) is 7. The number of fused-ring (bicyclic) bond motifs is 1. The monoisotopic (exact) mass is 358 g/mol. The molecule has 3 rings (SSSR count). The molecule has 2 aromatic heterocycles. The third-order valence-electron chi connectivity index (χ3n) is 3.70. The lowest BCUT2D eigenvalue weighted by molar-refractivity contribution is -0.384. The number of non-ortho nitro benzene ring substituents is 1. The van der Waals surface area contributed by atoms with Crippen molar-refractivity contribution in [3.63, 3.8) is 0 Å². The number of carbonyl (C=O) groups is 1. The van der Waals surface area contributed by atoms with Crippen molar-refractivity contribution in [3.8, 4) is 5.75 Å². The summed E-state index contributed by atoms with van der Waals surface area (Å²) < 4.78 is 7.67. The number of ether oxygens (including phenoxy) is 1. The first-order valence-electron chi connectivity index (χ1n) is 7.40. The van der Waals surface area contributed by atoms with Gasteiger partial charge in [-0.2, -0.15) is 5.10 Å². The Kier molecular flexibility index (Phi) is 4.35. The third kappa shape index (κ3) is 3.09. The van der Waals surface area contributed by atoms with Gasteiger partial charge < -0.3 is 10.1 Å². The summed E-state index contributed by atoms with van der Waals surface area (Å²) in [6.07, 6.45) is 2.65. The molecule has 1 N–H and O–H groups in total. The van der Waals surface area contributed by atoms with Crippen molar-refractivity contribution in [2.75, 3.05) is 12.4 Å². The molecule has 0 radical (unpaired) electrons. The molecule has 0 aliphatic heterocycles. The van der Waals surface area contributed by atoms with Crippen molar-refractivity contribution in [3.05, 3.63) is 51.2 Å². The Bertz CT molecular complexity index is 1070. The van der Waals surface area contributed by atoms with Gasteiger partial charge in [-0.05, 0) is 6.07 Å². The van der Waals surface area contributed by atoms with Crippen molar-refractivity contribution in [1.82, 2.24) is 19.3 Å². The second kappa shape index (κ2) is 6.63. The molecule has 0 bridgehead atoms. The molecule has 0 spiro atoms. The number of amides is 1. The second-order valence-corrected chi connectivity index (χ2v) is 5.37. The van der Waals surface area contributed by atoms with Crippen LogP contribution in [0.3, 0.4) is 0 Å². The maximum absolute atomic E-state index is 12.4. The summed E-state index contributed by atoms with van der Waals surface area (Å²) in [7, 11) is 2.99. The molecule has 134 valence electrons. The smallest absolute Gasteiger partial charge is 0.273 e. The van der Waals surface area contributed by atoms with Crippen LogP contribution in [-0.4, -0.2) is 37.3 Å². The lowest BCUT2D eigenvalue weighted by Gasteiger charge is -2.10. The van der Waals surface area contributed by atoms with E-state index in [2.05, 4.69) is 15.4 Å². The van der Waals surface area contributed by atoms with Crippen LogP contribution >= 0.6 is 0 Å². The van der Waals surface area contributed by atoms with E-state index in [1.54, 1.807) is 7.05 Å². The van der Waals surface area contributed by atoms with Crippen LogP contribution in [0.15, 0.2) is 35.5 Å². The Morgan fingerprint density at radius 2 is 2.19 bits per heavy atom. The molecule has 0 saturated carbocycles. The van der Waals surface area contributed by atoms with E-state index in [1.165, 1.54) is 42.5 Å². The van der Waals surface area contributed by atoms with Gasteiger partial charge in [-0.15, -0.1) is 0 Å². The van der Waals surface area contributed by atoms with Crippen molar-refractivity contribution < 1.29 is 14.5 Å². The maximum atomic E-state index is 12.4. The lowest BCUT2D eigenvalue weighted by Crippen LogP contribution is -2.28. The molecular formula is C15H14N6O5. The summed E-state index contributed by atoms with van der Waals surface area (Å²) in [5, 5.41) is 17.6. The average Bonchev–Trinajstić information content (AvgIpc) is 2.99. The Morgan fingerprint density at radius 3 is 2.88 bits per heavy atom. The topological polar surface area (TPSA) is 134 Å². The summed E-state index contributed by atoms with van der Waals surface area (Å²) in [5.74, 6) is -0.370. The second-order valence-electron chi connectivity index (χ2n) is 5.37. The molecule has 11 heteroatoms. The quantitative estimate of drug-likeness (QED) is 0.523. The van der Waals surface area contributed by atoms with Crippen molar-refractivity contribution in [2.24, 2.45) is 7.05 Å². The van der Waals surface area contributed by atoms with Crippen LogP contribution in [0.4, 0.5) is 11.4 Å². The Hall–Kier alpha value is -3.76. The van der Waals surface area contributed by atoms with E-state index >= 15 is 0 Å². The minimum Gasteiger partial charge on any atom is -0.494 e. The van der Waals surface area contributed by atoms with E-state index in [0.717, 1.165) is 4.57 Å². The molecule has 26 heavy (non-hydrogen) atoms. The van der Waals surface area contributed by atoms with E-state index in [0.29, 0.717) is 11.0 Å². The first kappa shape index (κ1) is 17.1. The van der Waals surface area contributed by atoms with Gasteiger partial charge in [0.05, 0.1) is 30.0 Å². The van der Waals surface area contributed by atoms with Crippen LogP contribution < -0.4 is 15.6 Å². The first-order chi connectivity index (χ1) is 12.4. The normalized spacial score (nSPS) is 10.7. The van der Waals surface area contributed by atoms with Crippen LogP contribution in [0.25, 0.3) is 11.0 Å². The minimum atomic E-state index is -0.567. The van der Waals surface area contributed by atoms with Gasteiger partial charge in [0.25, 0.3) is 11.2 Å². The molecule has 0 saturated heterocycles. The van der Waals surface area contributed by atoms with Crippen molar-refractivity contribution in [2.45, 2.75) is 6.54 Å². The average molecular weight is 358 g/mol. The molecule has 1 aromatic carbocycles. The first-order valence-corrected chi connectivity index (χ1v) is 7.40. The Labute approximate surface area is 146 Å². The number of benzene rings is 1. The summed E-state index contributed by atoms with van der Waals surface area (Å²) in [6, 6.07) is 3.80. The van der Waals surface area contributed by atoms with Gasteiger partial charge in [-0.25, -0.2) is 4.98 Å². The number of methoxy groups -OCH3 is 1. The number of aromatic nitrogens is 4. The highest BCUT2D eigenvalue weighted by molar-refractivity contribution is 5.92. The highest BCUT2D eigenvalue weighted by Crippen LogP contribution is 2.28. The summed E-state index contributed by atoms with van der Waals surface area (Å²) in [5.41, 5.74) is 0.117. The van der Waals surface area contributed by atoms with Crippen LogP contribution in [0, 0.1) is 10.1 Å². The van der Waals surface area contributed by atoms with Crippen molar-refractivity contribution >= 4 is 28.3 Å². The molecular weight excluding hydrogens is 344 g/mol.